The van der Waals surface area contributed by atoms with Gasteiger partial charge >= 0.3 is 5.97 Å². The quantitative estimate of drug-likeness (QED) is 0.363. The molecule has 0 unspecified atom stereocenters. The van der Waals surface area contributed by atoms with Gasteiger partial charge < -0.3 is 4.74 Å². The fraction of sp³-hybridized carbons (Fsp3) is 0.333. The van der Waals surface area contributed by atoms with Crippen LogP contribution in [0.4, 0.5) is 0 Å². The standard InChI is InChI=1S/C18H21NO2/c1-5-21-17(20)15(13-19)8-6-7-14-9-11-16(12-10-14)18(2,3)4/h6-12H,5H2,1-4H3/b7-6+,15-8+. The number of hydrogen-bond donors (Lipinski definition) is 0. The molecule has 1 rings (SSSR count). The third kappa shape index (κ3) is 5.27. The average molecular weight is 283 g/mol. The molecule has 21 heavy (non-hydrogen) atoms. The number of carbonyl (C=O) groups is 1. The molecule has 0 aliphatic heterocycles. The maximum Gasteiger partial charge on any atom is 0.348 e. The fourth-order valence-corrected chi connectivity index (χ4v) is 1.71. The lowest BCUT2D eigenvalue weighted by Gasteiger charge is -2.18. The Balaban J connectivity index is 2.81. The zero-order chi connectivity index (χ0) is 15.9. The van der Waals surface area contributed by atoms with Gasteiger partial charge in [0.05, 0.1) is 6.61 Å². The SMILES string of the molecule is CCOC(=O)/C(C#N)=C/C=C/c1ccc(C(C)(C)C)cc1. The van der Waals surface area contributed by atoms with Gasteiger partial charge in [0, 0.05) is 0 Å². The average Bonchev–Trinajstić information content (AvgIpc) is 2.43. The van der Waals surface area contributed by atoms with Crippen LogP contribution in [0.3, 0.4) is 0 Å². The van der Waals surface area contributed by atoms with E-state index >= 15 is 0 Å². The van der Waals surface area contributed by atoms with Crippen LogP contribution >= 0.6 is 0 Å². The predicted molar refractivity (Wildman–Crippen MR) is 84.5 cm³/mol. The Bertz CT molecular complexity index is 581. The number of nitriles is 1. The molecule has 0 saturated carbocycles. The van der Waals surface area contributed by atoms with Crippen molar-refractivity contribution in [2.24, 2.45) is 0 Å². The van der Waals surface area contributed by atoms with Gasteiger partial charge in [0.25, 0.3) is 0 Å². The largest absolute Gasteiger partial charge is 0.462 e. The van der Waals surface area contributed by atoms with Gasteiger partial charge in [-0.05, 0) is 29.5 Å². The van der Waals surface area contributed by atoms with E-state index in [9.17, 15) is 4.79 Å². The molecule has 0 amide bonds. The number of nitrogens with zero attached hydrogens (tertiary/aromatic N) is 1. The molecule has 0 aliphatic carbocycles. The summed E-state index contributed by atoms with van der Waals surface area (Å²) in [5, 5.41) is 8.89. The lowest BCUT2D eigenvalue weighted by molar-refractivity contribution is -0.138. The number of esters is 1. The second-order valence-electron chi connectivity index (χ2n) is 5.64. The molecule has 1 aromatic carbocycles. The van der Waals surface area contributed by atoms with Crippen LogP contribution in [-0.4, -0.2) is 12.6 Å². The van der Waals surface area contributed by atoms with Crippen molar-refractivity contribution in [3.63, 3.8) is 0 Å². The van der Waals surface area contributed by atoms with E-state index in [2.05, 4.69) is 32.9 Å². The first-order valence-electron chi connectivity index (χ1n) is 6.94. The summed E-state index contributed by atoms with van der Waals surface area (Å²) in [6.07, 6.45) is 5.00. The van der Waals surface area contributed by atoms with Gasteiger partial charge in [-0.3, -0.25) is 0 Å². The monoisotopic (exact) mass is 283 g/mol. The van der Waals surface area contributed by atoms with Crippen LogP contribution in [0, 0.1) is 11.3 Å². The van der Waals surface area contributed by atoms with Crippen LogP contribution in [0.5, 0.6) is 0 Å². The smallest absolute Gasteiger partial charge is 0.348 e. The van der Waals surface area contributed by atoms with Gasteiger partial charge in [0.15, 0.2) is 0 Å². The molecule has 1 aromatic rings. The lowest BCUT2D eigenvalue weighted by atomic mass is 9.87. The molecule has 0 N–H and O–H groups in total. The van der Waals surface area contributed by atoms with Crippen molar-refractivity contribution in [2.45, 2.75) is 33.1 Å². The molecule has 3 nitrogen and oxygen atoms in total. The van der Waals surface area contributed by atoms with Gasteiger partial charge in [-0.25, -0.2) is 4.79 Å². The number of allylic oxidation sites excluding steroid dienone is 2. The minimum atomic E-state index is -0.590. The van der Waals surface area contributed by atoms with Gasteiger partial charge in [0.2, 0.25) is 0 Å². The molecule has 0 radical (unpaired) electrons. The van der Waals surface area contributed by atoms with Gasteiger partial charge in [-0.1, -0.05) is 57.2 Å². The van der Waals surface area contributed by atoms with Gasteiger partial charge in [-0.15, -0.1) is 0 Å². The van der Waals surface area contributed by atoms with E-state index in [0.29, 0.717) is 0 Å². The first-order valence-corrected chi connectivity index (χ1v) is 6.94. The van der Waals surface area contributed by atoms with E-state index in [1.807, 2.05) is 24.3 Å². The van der Waals surface area contributed by atoms with E-state index in [4.69, 9.17) is 10.00 Å². The maximum absolute atomic E-state index is 11.4. The molecule has 3 heteroatoms. The Morgan fingerprint density at radius 1 is 1.29 bits per heavy atom. The number of ether oxygens (including phenoxy) is 1. The zero-order valence-electron chi connectivity index (χ0n) is 13.0. The van der Waals surface area contributed by atoms with Crippen molar-refractivity contribution in [1.29, 1.82) is 5.26 Å². The molecular formula is C18H21NO2. The summed E-state index contributed by atoms with van der Waals surface area (Å²) in [5.74, 6) is -0.590. The normalized spacial score (nSPS) is 12.2. The van der Waals surface area contributed by atoms with E-state index < -0.39 is 5.97 Å². The molecule has 0 fully saturated rings. The summed E-state index contributed by atoms with van der Waals surface area (Å²) in [6, 6.07) is 10.0. The third-order valence-corrected chi connectivity index (χ3v) is 2.94. The number of rotatable bonds is 4. The minimum absolute atomic E-state index is 0.000545. The zero-order valence-corrected chi connectivity index (χ0v) is 13.0. The predicted octanol–water partition coefficient (Wildman–Crippen LogP) is 4.01. The van der Waals surface area contributed by atoms with Crippen LogP contribution in [0.2, 0.25) is 0 Å². The fourth-order valence-electron chi connectivity index (χ4n) is 1.71. The molecule has 0 aromatic heterocycles. The third-order valence-electron chi connectivity index (χ3n) is 2.94. The van der Waals surface area contributed by atoms with E-state index in [-0.39, 0.29) is 17.6 Å². The Morgan fingerprint density at radius 2 is 1.90 bits per heavy atom. The highest BCUT2D eigenvalue weighted by Crippen LogP contribution is 2.22. The molecule has 0 spiro atoms. The Hall–Kier alpha value is -2.34. The highest BCUT2D eigenvalue weighted by Gasteiger charge is 2.12. The van der Waals surface area contributed by atoms with E-state index in [1.54, 1.807) is 13.0 Å². The Kier molecular flexibility index (Phi) is 5.92. The van der Waals surface area contributed by atoms with Crippen molar-refractivity contribution in [3.8, 4) is 6.07 Å². The van der Waals surface area contributed by atoms with Crippen molar-refractivity contribution in [2.75, 3.05) is 6.61 Å². The highest BCUT2D eigenvalue weighted by molar-refractivity contribution is 5.93. The summed E-state index contributed by atoms with van der Waals surface area (Å²) in [5.41, 5.74) is 2.40. The van der Waals surface area contributed by atoms with Gasteiger partial charge in [0.1, 0.15) is 11.6 Å². The van der Waals surface area contributed by atoms with Gasteiger partial charge in [-0.2, -0.15) is 5.26 Å². The maximum atomic E-state index is 11.4. The Labute approximate surface area is 126 Å². The summed E-state index contributed by atoms with van der Waals surface area (Å²) in [4.78, 5) is 11.4. The molecule has 110 valence electrons. The number of carbonyl (C=O) groups excluding carboxylic acids is 1. The van der Waals surface area contributed by atoms with Crippen molar-refractivity contribution in [1.82, 2.24) is 0 Å². The summed E-state index contributed by atoms with van der Waals surface area (Å²) >= 11 is 0. The molecule has 0 heterocycles. The van der Waals surface area contributed by atoms with E-state index in [1.165, 1.54) is 11.6 Å². The van der Waals surface area contributed by atoms with Crippen molar-refractivity contribution >= 4 is 12.0 Å². The highest BCUT2D eigenvalue weighted by atomic mass is 16.5. The van der Waals surface area contributed by atoms with Crippen LogP contribution in [0.25, 0.3) is 6.08 Å². The molecule has 0 saturated heterocycles. The molecule has 0 atom stereocenters. The summed E-state index contributed by atoms with van der Waals surface area (Å²) in [7, 11) is 0. The molecule has 0 aliphatic rings. The molecular weight excluding hydrogens is 262 g/mol. The van der Waals surface area contributed by atoms with Crippen molar-refractivity contribution in [3.05, 3.63) is 53.1 Å². The van der Waals surface area contributed by atoms with Crippen LogP contribution < -0.4 is 0 Å². The minimum Gasteiger partial charge on any atom is -0.462 e. The van der Waals surface area contributed by atoms with Crippen LogP contribution in [-0.2, 0) is 14.9 Å². The Morgan fingerprint density at radius 3 is 2.38 bits per heavy atom. The first-order chi connectivity index (χ1) is 9.88. The van der Waals surface area contributed by atoms with E-state index in [0.717, 1.165) is 5.56 Å². The number of benzene rings is 1. The molecule has 0 bridgehead atoms. The summed E-state index contributed by atoms with van der Waals surface area (Å²) in [6.45, 7) is 8.46. The van der Waals surface area contributed by atoms with Crippen LogP contribution in [0.1, 0.15) is 38.8 Å². The van der Waals surface area contributed by atoms with Crippen LogP contribution in [0.15, 0.2) is 42.0 Å². The first kappa shape index (κ1) is 16.7. The van der Waals surface area contributed by atoms with Crippen molar-refractivity contribution < 1.29 is 9.53 Å². The second kappa shape index (κ2) is 7.44. The lowest BCUT2D eigenvalue weighted by Crippen LogP contribution is -2.10. The summed E-state index contributed by atoms with van der Waals surface area (Å²) < 4.78 is 4.79. The topological polar surface area (TPSA) is 50.1 Å². The second-order valence-corrected chi connectivity index (χ2v) is 5.64. The number of hydrogen-bond acceptors (Lipinski definition) is 3.